The molecule has 0 amide bonds. The first kappa shape index (κ1) is 15.7. The number of carboxylic acid groups (broad SMARTS) is 1. The van der Waals surface area contributed by atoms with Crippen LogP contribution < -0.4 is 4.74 Å². The summed E-state index contributed by atoms with van der Waals surface area (Å²) in [5.74, 6) is -1.81. The Balaban J connectivity index is 2.79. The van der Waals surface area contributed by atoms with Gasteiger partial charge in [-0.15, -0.1) is 0 Å². The average molecular weight is 321 g/mol. The van der Waals surface area contributed by atoms with E-state index in [2.05, 4.69) is 0 Å². The van der Waals surface area contributed by atoms with E-state index >= 15 is 0 Å². The van der Waals surface area contributed by atoms with E-state index in [4.69, 9.17) is 16.3 Å². The number of carbonyl (C=O) groups is 1. The summed E-state index contributed by atoms with van der Waals surface area (Å²) in [6.45, 7) is 2.86. The average Bonchev–Trinajstić information content (AvgIpc) is 2.40. The Bertz CT molecular complexity index is 637. The van der Waals surface area contributed by atoms with Crippen molar-refractivity contribution >= 4 is 23.6 Å². The van der Waals surface area contributed by atoms with Crippen LogP contribution in [0.2, 0.25) is 5.02 Å². The molecule has 1 unspecified atom stereocenters. The van der Waals surface area contributed by atoms with Gasteiger partial charge in [0.25, 0.3) is 0 Å². The van der Waals surface area contributed by atoms with E-state index in [1.54, 1.807) is 13.0 Å². The van der Waals surface area contributed by atoms with Crippen molar-refractivity contribution in [2.75, 3.05) is 0 Å². The molecule has 1 aromatic carbocycles. The molecule has 1 aliphatic rings. The molecule has 0 aromatic heterocycles. The Morgan fingerprint density at radius 1 is 1.43 bits per heavy atom. The highest BCUT2D eigenvalue weighted by Gasteiger charge is 2.62. The zero-order chi connectivity index (χ0) is 16.0. The number of hydrogen-bond donors (Lipinski definition) is 1. The van der Waals surface area contributed by atoms with Gasteiger partial charge in [0.1, 0.15) is 5.75 Å². The number of ether oxygens (including phenoxy) is 1. The number of benzene rings is 1. The van der Waals surface area contributed by atoms with Crippen molar-refractivity contribution in [2.24, 2.45) is 0 Å². The minimum atomic E-state index is -4.88. The molecule has 114 valence electrons. The molecule has 0 aliphatic carbocycles. The molecule has 2 rings (SSSR count). The number of aliphatic carboxylic acids is 1. The van der Waals surface area contributed by atoms with Gasteiger partial charge in [-0.25, -0.2) is 4.79 Å². The van der Waals surface area contributed by atoms with E-state index < -0.39 is 29.7 Å². The molecule has 0 saturated carbocycles. The summed E-state index contributed by atoms with van der Waals surface area (Å²) < 4.78 is 45.5. The fourth-order valence-electron chi connectivity index (χ4n) is 2.35. The zero-order valence-electron chi connectivity index (χ0n) is 11.2. The molecule has 0 radical (unpaired) electrons. The van der Waals surface area contributed by atoms with E-state index in [-0.39, 0.29) is 16.3 Å². The maximum absolute atomic E-state index is 13.5. The van der Waals surface area contributed by atoms with Gasteiger partial charge in [-0.2, -0.15) is 13.2 Å². The number of alkyl halides is 3. The minimum absolute atomic E-state index is 0.0124. The van der Waals surface area contributed by atoms with Crippen molar-refractivity contribution in [1.82, 2.24) is 0 Å². The maximum atomic E-state index is 13.5. The van der Waals surface area contributed by atoms with E-state index in [0.717, 1.165) is 6.08 Å². The lowest BCUT2D eigenvalue weighted by atomic mass is 9.85. The predicted octanol–water partition coefficient (Wildman–Crippen LogP) is 4.22. The van der Waals surface area contributed by atoms with Gasteiger partial charge in [0, 0.05) is 5.56 Å². The second-order valence-electron chi connectivity index (χ2n) is 4.75. The smallest absolute Gasteiger partial charge is 0.432 e. The summed E-state index contributed by atoms with van der Waals surface area (Å²) in [7, 11) is 0. The van der Waals surface area contributed by atoms with Gasteiger partial charge in [0.05, 0.1) is 10.6 Å². The third-order valence-electron chi connectivity index (χ3n) is 3.55. The van der Waals surface area contributed by atoms with Gasteiger partial charge >= 0.3 is 12.1 Å². The first-order valence-corrected chi connectivity index (χ1v) is 6.52. The topological polar surface area (TPSA) is 46.5 Å². The van der Waals surface area contributed by atoms with Crippen LogP contribution in [0.15, 0.2) is 17.7 Å². The van der Waals surface area contributed by atoms with Crippen molar-refractivity contribution in [3.63, 3.8) is 0 Å². The standard InChI is InChI=1S/C14H12ClF3O3/c1-3-13(14(16,17)18)9(12(19)20)6-8-7(2)4-5-10(15)11(8)21-13/h4-6H,3H2,1-2H3,(H,19,20). The molecule has 0 saturated heterocycles. The monoisotopic (exact) mass is 320 g/mol. The van der Waals surface area contributed by atoms with Gasteiger partial charge in [-0.1, -0.05) is 24.6 Å². The molecular formula is C14H12ClF3O3. The van der Waals surface area contributed by atoms with Crippen molar-refractivity contribution in [3.8, 4) is 5.75 Å². The third-order valence-corrected chi connectivity index (χ3v) is 3.85. The fourth-order valence-corrected chi connectivity index (χ4v) is 2.56. The van der Waals surface area contributed by atoms with E-state index in [9.17, 15) is 23.1 Å². The molecule has 21 heavy (non-hydrogen) atoms. The lowest BCUT2D eigenvalue weighted by Gasteiger charge is -2.39. The molecule has 3 nitrogen and oxygen atoms in total. The second-order valence-corrected chi connectivity index (χ2v) is 5.16. The van der Waals surface area contributed by atoms with Crippen LogP contribution in [0.4, 0.5) is 13.2 Å². The first-order chi connectivity index (χ1) is 9.64. The fraction of sp³-hybridized carbons (Fsp3) is 0.357. The highest BCUT2D eigenvalue weighted by Crippen LogP contribution is 2.49. The highest BCUT2D eigenvalue weighted by molar-refractivity contribution is 6.32. The minimum Gasteiger partial charge on any atom is -0.478 e. The number of carboxylic acids is 1. The highest BCUT2D eigenvalue weighted by atomic mass is 35.5. The van der Waals surface area contributed by atoms with Crippen LogP contribution in [-0.4, -0.2) is 22.9 Å². The first-order valence-electron chi connectivity index (χ1n) is 6.14. The molecule has 1 heterocycles. The summed E-state index contributed by atoms with van der Waals surface area (Å²) in [4.78, 5) is 11.3. The second kappa shape index (κ2) is 4.94. The van der Waals surface area contributed by atoms with Crippen LogP contribution in [0.5, 0.6) is 5.75 Å². The van der Waals surface area contributed by atoms with Crippen molar-refractivity contribution in [1.29, 1.82) is 0 Å². The molecule has 0 fully saturated rings. The Hall–Kier alpha value is -1.69. The van der Waals surface area contributed by atoms with Gasteiger partial charge in [-0.3, -0.25) is 0 Å². The molecule has 0 bridgehead atoms. The Morgan fingerprint density at radius 3 is 2.52 bits per heavy atom. The summed E-state index contributed by atoms with van der Waals surface area (Å²) in [5, 5.41) is 9.19. The molecular weight excluding hydrogens is 309 g/mol. The number of halogens is 4. The summed E-state index contributed by atoms with van der Waals surface area (Å²) in [5.41, 5.74) is -2.90. The number of aryl methyl sites for hydroxylation is 1. The Labute approximate surface area is 124 Å². The number of fused-ring (bicyclic) bond motifs is 1. The summed E-state index contributed by atoms with van der Waals surface area (Å²) >= 11 is 5.91. The van der Waals surface area contributed by atoms with Crippen molar-refractivity contribution in [3.05, 3.63) is 33.9 Å². The van der Waals surface area contributed by atoms with E-state index in [1.807, 2.05) is 0 Å². The Morgan fingerprint density at radius 2 is 2.05 bits per heavy atom. The van der Waals surface area contributed by atoms with Crippen molar-refractivity contribution < 1.29 is 27.8 Å². The lowest BCUT2D eigenvalue weighted by Crippen LogP contribution is -2.54. The van der Waals surface area contributed by atoms with E-state index in [1.165, 1.54) is 13.0 Å². The van der Waals surface area contributed by atoms with Crippen LogP contribution >= 0.6 is 11.6 Å². The molecule has 1 N–H and O–H groups in total. The van der Waals surface area contributed by atoms with Crippen LogP contribution in [-0.2, 0) is 4.79 Å². The quantitative estimate of drug-likeness (QED) is 0.887. The SMILES string of the molecule is CCC1(C(F)(F)F)Oc2c(Cl)ccc(C)c2C=C1C(=O)O. The number of hydrogen-bond acceptors (Lipinski definition) is 2. The van der Waals surface area contributed by atoms with Gasteiger partial charge in [0.15, 0.2) is 0 Å². The maximum Gasteiger partial charge on any atom is 0.432 e. The zero-order valence-corrected chi connectivity index (χ0v) is 12.0. The largest absolute Gasteiger partial charge is 0.478 e. The van der Waals surface area contributed by atoms with Gasteiger partial charge < -0.3 is 9.84 Å². The van der Waals surface area contributed by atoms with E-state index in [0.29, 0.717) is 5.56 Å². The van der Waals surface area contributed by atoms with Crippen LogP contribution in [0.3, 0.4) is 0 Å². The molecule has 0 spiro atoms. The lowest BCUT2D eigenvalue weighted by molar-refractivity contribution is -0.236. The van der Waals surface area contributed by atoms with Crippen LogP contribution in [0, 0.1) is 6.92 Å². The third kappa shape index (κ3) is 2.27. The number of rotatable bonds is 2. The van der Waals surface area contributed by atoms with Gasteiger partial charge in [0.2, 0.25) is 5.60 Å². The summed E-state index contributed by atoms with van der Waals surface area (Å²) in [6, 6.07) is 3.01. The molecule has 7 heteroatoms. The van der Waals surface area contributed by atoms with Crippen molar-refractivity contribution in [2.45, 2.75) is 32.0 Å². The summed E-state index contributed by atoms with van der Waals surface area (Å²) in [6.07, 6.45) is -4.45. The molecule has 1 atom stereocenters. The molecule has 1 aliphatic heterocycles. The van der Waals surface area contributed by atoms with Crippen LogP contribution in [0.25, 0.3) is 6.08 Å². The predicted molar refractivity (Wildman–Crippen MR) is 71.5 cm³/mol. The van der Waals surface area contributed by atoms with Crippen LogP contribution in [0.1, 0.15) is 24.5 Å². The Kier molecular flexibility index (Phi) is 3.70. The molecule has 1 aromatic rings. The van der Waals surface area contributed by atoms with Gasteiger partial charge in [-0.05, 0) is 31.1 Å². The normalized spacial score (nSPS) is 21.3.